The van der Waals surface area contributed by atoms with Crippen LogP contribution in [0.3, 0.4) is 0 Å². The van der Waals surface area contributed by atoms with Crippen LogP contribution < -0.4 is 0 Å². The van der Waals surface area contributed by atoms with Crippen molar-refractivity contribution in [2.75, 3.05) is 19.8 Å². The smallest absolute Gasteiger partial charge is 0.303 e. The van der Waals surface area contributed by atoms with E-state index in [0.29, 0.717) is 38.1 Å². The largest absolute Gasteiger partial charge is 0.481 e. The molecule has 0 aliphatic carbocycles. The Balaban J connectivity index is -0.000000118. The first-order valence-electron chi connectivity index (χ1n) is 22.7. The number of aliphatic hydroxyl groups is 4. The van der Waals surface area contributed by atoms with Gasteiger partial charge in [-0.1, -0.05) is 119 Å². The summed E-state index contributed by atoms with van der Waals surface area (Å²) in [5, 5.41) is 42.6. The summed E-state index contributed by atoms with van der Waals surface area (Å²) in [7, 11) is 0. The van der Waals surface area contributed by atoms with Crippen LogP contribution in [-0.4, -0.2) is 98.6 Å². The lowest BCUT2D eigenvalue weighted by molar-refractivity contribution is -0.139. The minimum atomic E-state index is -0.691. The monoisotopic (exact) mass is 869 g/mol. The van der Waals surface area contributed by atoms with Crippen molar-refractivity contribution >= 4 is 29.1 Å². The highest BCUT2D eigenvalue weighted by atomic mass is 16.7. The minimum absolute atomic E-state index is 0. The van der Waals surface area contributed by atoms with Crippen LogP contribution in [0.25, 0.3) is 0 Å². The van der Waals surface area contributed by atoms with Gasteiger partial charge in [-0.3, -0.25) is 4.79 Å². The number of hydrogen-bond acceptors (Lipinski definition) is 11. The second-order valence-electron chi connectivity index (χ2n) is 15.8. The van der Waals surface area contributed by atoms with Crippen molar-refractivity contribution in [3.05, 3.63) is 0 Å². The summed E-state index contributed by atoms with van der Waals surface area (Å²) in [6, 6.07) is 0. The van der Waals surface area contributed by atoms with E-state index in [1.165, 1.54) is 39.5 Å². The Hall–Kier alpha value is -2.09. The SMILES string of the molecule is C.CC(=O)CCCCCCCC(O)CO.CC(C)=O.CC1(C)OCC(CCCCCCCC(=O)O)O1.CCC.CCC(O)CO.CCCC(C)=O.CCCCCCC(C)=O. The molecule has 1 rings (SSSR count). The Labute approximate surface area is 369 Å². The van der Waals surface area contributed by atoms with E-state index in [4.69, 9.17) is 35.0 Å². The standard InChI is InChI=1S/C13H24O4.C11H22O3.C8H16O.C5H10O.C4H10O2.C3H6O.C3H8.CH4/c1-13(2)16-10-11(17-13)8-6-4-3-5-7-9-12(14)15;1-10(13)7-5-3-2-4-6-8-11(14)9-12;1-3-4-5-6-7-8(2)9;1-3-4-5(2)6;1-2-4(6)3-5;1-3(2)4;1-3-2;/h11H,3-10H2,1-2H3,(H,14,15);11-12,14H,2-9H2,1H3;3-7H2,1-2H3;3-4H2,1-2H3;4-6H,2-3H2,1H3;1-2H3;3H2,1-2H3;1H4. The van der Waals surface area contributed by atoms with Crippen LogP contribution in [0.15, 0.2) is 0 Å². The first-order chi connectivity index (χ1) is 27.7. The summed E-state index contributed by atoms with van der Waals surface area (Å²) in [5.41, 5.74) is 0. The van der Waals surface area contributed by atoms with Gasteiger partial charge >= 0.3 is 5.97 Å². The maximum Gasteiger partial charge on any atom is 0.303 e. The summed E-state index contributed by atoms with van der Waals surface area (Å²) in [6.07, 6.45) is 21.6. The zero-order chi connectivity index (χ0) is 46.9. The fraction of sp³-hybridized carbons (Fsp3) is 0.896. The van der Waals surface area contributed by atoms with Crippen molar-refractivity contribution in [3.63, 3.8) is 0 Å². The van der Waals surface area contributed by atoms with Gasteiger partial charge in [0.25, 0.3) is 0 Å². The molecule has 364 valence electrons. The number of carboxylic acids is 1. The van der Waals surface area contributed by atoms with Crippen LogP contribution >= 0.6 is 0 Å². The van der Waals surface area contributed by atoms with Crippen molar-refractivity contribution in [3.8, 4) is 0 Å². The molecule has 1 aliphatic rings. The third-order valence-corrected chi connectivity index (χ3v) is 7.93. The third kappa shape index (κ3) is 87.4. The molecule has 0 amide bonds. The van der Waals surface area contributed by atoms with Gasteiger partial charge in [-0.15, -0.1) is 0 Å². The molecule has 12 heteroatoms. The topological polar surface area (TPSA) is 205 Å². The quantitative estimate of drug-likeness (QED) is 0.0515. The molecule has 0 spiro atoms. The number of aliphatic hydroxyl groups excluding tert-OH is 4. The van der Waals surface area contributed by atoms with Crippen LogP contribution in [0, 0.1) is 0 Å². The van der Waals surface area contributed by atoms with Gasteiger partial charge in [-0.2, -0.15) is 0 Å². The Morgan fingerprint density at radius 1 is 0.583 bits per heavy atom. The van der Waals surface area contributed by atoms with E-state index in [0.717, 1.165) is 96.3 Å². The van der Waals surface area contributed by atoms with Gasteiger partial charge in [0.1, 0.15) is 23.1 Å². The number of carbonyl (C=O) groups excluding carboxylic acids is 4. The Morgan fingerprint density at radius 2 is 0.967 bits per heavy atom. The Kier molecular flexibility index (Phi) is 68.6. The molecule has 1 heterocycles. The van der Waals surface area contributed by atoms with E-state index in [2.05, 4.69) is 20.8 Å². The summed E-state index contributed by atoms with van der Waals surface area (Å²) < 4.78 is 11.2. The molecule has 0 saturated carbocycles. The number of aliphatic carboxylic acids is 1. The number of carbonyl (C=O) groups is 5. The van der Waals surface area contributed by atoms with Gasteiger partial charge < -0.3 is 54.2 Å². The summed E-state index contributed by atoms with van der Waals surface area (Å²) in [5.74, 6) is -0.0559. The number of ether oxygens (including phenoxy) is 2. The molecule has 0 aromatic heterocycles. The second kappa shape index (κ2) is 56.9. The maximum absolute atomic E-state index is 10.6. The van der Waals surface area contributed by atoms with Crippen LogP contribution in [0.2, 0.25) is 0 Å². The molecule has 3 unspecified atom stereocenters. The molecule has 0 bridgehead atoms. The van der Waals surface area contributed by atoms with Gasteiger partial charge in [0, 0.05) is 25.7 Å². The maximum atomic E-state index is 10.6. The number of ketones is 4. The molecular formula is C48H100O12. The molecule has 0 aromatic rings. The van der Waals surface area contributed by atoms with E-state index >= 15 is 0 Å². The van der Waals surface area contributed by atoms with Gasteiger partial charge in [0.15, 0.2) is 5.79 Å². The van der Waals surface area contributed by atoms with Crippen LogP contribution in [0.5, 0.6) is 0 Å². The molecule has 1 fully saturated rings. The van der Waals surface area contributed by atoms with Gasteiger partial charge in [0.05, 0.1) is 38.1 Å². The molecule has 0 radical (unpaired) electrons. The number of rotatable bonds is 26. The Morgan fingerprint density at radius 3 is 1.27 bits per heavy atom. The molecule has 12 nitrogen and oxygen atoms in total. The summed E-state index contributed by atoms with van der Waals surface area (Å²) in [4.78, 5) is 50.8. The van der Waals surface area contributed by atoms with E-state index in [-0.39, 0.29) is 44.1 Å². The lowest BCUT2D eigenvalue weighted by Gasteiger charge is -2.16. The highest BCUT2D eigenvalue weighted by Gasteiger charge is 2.31. The summed E-state index contributed by atoms with van der Waals surface area (Å²) >= 11 is 0. The van der Waals surface area contributed by atoms with Crippen LogP contribution in [0.1, 0.15) is 238 Å². The third-order valence-electron chi connectivity index (χ3n) is 7.93. The molecule has 1 saturated heterocycles. The van der Waals surface area contributed by atoms with Gasteiger partial charge in [-0.25, -0.2) is 0 Å². The predicted molar refractivity (Wildman–Crippen MR) is 248 cm³/mol. The number of hydrogen-bond donors (Lipinski definition) is 5. The zero-order valence-electron chi connectivity index (χ0n) is 40.2. The van der Waals surface area contributed by atoms with Crippen LogP contribution in [0.4, 0.5) is 0 Å². The predicted octanol–water partition coefficient (Wildman–Crippen LogP) is 10.9. The van der Waals surface area contributed by atoms with E-state index in [9.17, 15) is 24.0 Å². The lowest BCUT2D eigenvalue weighted by Crippen LogP contribution is -2.21. The molecule has 0 aromatic carbocycles. The Bertz CT molecular complexity index is 915. The van der Waals surface area contributed by atoms with Gasteiger partial charge in [-0.05, 0) is 93.4 Å². The van der Waals surface area contributed by atoms with Crippen molar-refractivity contribution in [2.24, 2.45) is 0 Å². The molecule has 1 aliphatic heterocycles. The van der Waals surface area contributed by atoms with Gasteiger partial charge in [0.2, 0.25) is 0 Å². The first kappa shape index (κ1) is 72.4. The minimum Gasteiger partial charge on any atom is -0.481 e. The zero-order valence-corrected chi connectivity index (χ0v) is 40.2. The molecular weight excluding hydrogens is 769 g/mol. The normalized spacial score (nSPS) is 13.9. The number of Topliss-reactive ketones (excluding diaryl/α,β-unsaturated/α-hetero) is 4. The number of carboxylic acid groups (broad SMARTS) is 1. The average Bonchev–Trinajstić information content (AvgIpc) is 3.50. The van der Waals surface area contributed by atoms with E-state index < -0.39 is 24.0 Å². The van der Waals surface area contributed by atoms with Crippen molar-refractivity contribution in [2.45, 2.75) is 262 Å². The van der Waals surface area contributed by atoms with E-state index in [1.807, 2.05) is 27.7 Å². The second-order valence-corrected chi connectivity index (χ2v) is 15.8. The highest BCUT2D eigenvalue weighted by Crippen LogP contribution is 2.25. The van der Waals surface area contributed by atoms with Crippen molar-refractivity contribution in [1.82, 2.24) is 0 Å². The number of unbranched alkanes of at least 4 members (excludes halogenated alkanes) is 11. The van der Waals surface area contributed by atoms with Crippen molar-refractivity contribution in [1.29, 1.82) is 0 Å². The van der Waals surface area contributed by atoms with Crippen molar-refractivity contribution < 1.29 is 59.0 Å². The molecule has 3 atom stereocenters. The highest BCUT2D eigenvalue weighted by molar-refractivity contribution is 5.76. The first-order valence-corrected chi connectivity index (χ1v) is 22.7. The van der Waals surface area contributed by atoms with Crippen LogP contribution in [-0.2, 0) is 33.4 Å². The lowest BCUT2D eigenvalue weighted by atomic mass is 10.1. The fourth-order valence-electron chi connectivity index (χ4n) is 4.74. The fourth-order valence-corrected chi connectivity index (χ4v) is 4.74. The molecule has 60 heavy (non-hydrogen) atoms. The molecule has 5 N–H and O–H groups in total. The average molecular weight is 869 g/mol. The van der Waals surface area contributed by atoms with E-state index in [1.54, 1.807) is 20.8 Å². The summed E-state index contributed by atoms with van der Waals surface area (Å²) in [6.45, 7) is 22.5.